The first-order valence-corrected chi connectivity index (χ1v) is 10.7. The summed E-state index contributed by atoms with van der Waals surface area (Å²) >= 11 is 0. The van der Waals surface area contributed by atoms with E-state index in [2.05, 4.69) is 33.2 Å². The number of benzene rings is 1. The highest BCUT2D eigenvalue weighted by atomic mass is 16.5. The molecule has 1 saturated heterocycles. The molecule has 0 unspecified atom stereocenters. The Kier molecular flexibility index (Phi) is 7.23. The third kappa shape index (κ3) is 5.02. The van der Waals surface area contributed by atoms with E-state index in [1.54, 1.807) is 18.9 Å². The van der Waals surface area contributed by atoms with Crippen LogP contribution in [-0.4, -0.2) is 71.9 Å². The first kappa shape index (κ1) is 23.1. The summed E-state index contributed by atoms with van der Waals surface area (Å²) in [5.41, 5.74) is 5.06. The minimum absolute atomic E-state index is 0.0170. The first-order valence-electron chi connectivity index (χ1n) is 10.7. The van der Waals surface area contributed by atoms with Gasteiger partial charge in [0, 0.05) is 39.8 Å². The van der Waals surface area contributed by atoms with Gasteiger partial charge in [0.1, 0.15) is 0 Å². The molecular weight excluding hydrogens is 394 g/mol. The smallest absolute Gasteiger partial charge is 0.241 e. The van der Waals surface area contributed by atoms with Crippen LogP contribution in [-0.2, 0) is 18.4 Å². The second kappa shape index (κ2) is 9.70. The van der Waals surface area contributed by atoms with Crippen molar-refractivity contribution >= 4 is 11.6 Å². The van der Waals surface area contributed by atoms with E-state index in [0.29, 0.717) is 0 Å². The summed E-state index contributed by atoms with van der Waals surface area (Å²) < 4.78 is 12.7. The maximum atomic E-state index is 12.8. The zero-order valence-corrected chi connectivity index (χ0v) is 19.8. The van der Waals surface area contributed by atoms with Crippen LogP contribution in [0.5, 0.6) is 11.5 Å². The molecular formula is C23H35N5O3. The summed E-state index contributed by atoms with van der Waals surface area (Å²) in [5.74, 6) is 1.53. The molecule has 2 heterocycles. The average molecular weight is 430 g/mol. The Balaban J connectivity index is 1.57. The molecule has 8 nitrogen and oxygen atoms in total. The lowest BCUT2D eigenvalue weighted by Gasteiger charge is -2.37. The number of hydrogen-bond donors (Lipinski definition) is 1. The van der Waals surface area contributed by atoms with Crippen LogP contribution >= 0.6 is 0 Å². The number of aromatic nitrogens is 2. The topological polar surface area (TPSA) is 71.9 Å². The molecule has 1 aliphatic rings. The molecule has 3 rings (SSSR count). The number of rotatable bonds is 7. The van der Waals surface area contributed by atoms with Crippen molar-refractivity contribution in [3.05, 3.63) is 34.6 Å². The van der Waals surface area contributed by atoms with Crippen molar-refractivity contribution in [1.29, 1.82) is 0 Å². The van der Waals surface area contributed by atoms with E-state index in [4.69, 9.17) is 9.47 Å². The number of nitrogens with one attached hydrogen (secondary N) is 1. The van der Waals surface area contributed by atoms with Gasteiger partial charge in [0.15, 0.2) is 11.5 Å². The lowest BCUT2D eigenvalue weighted by Crippen LogP contribution is -2.52. The van der Waals surface area contributed by atoms with E-state index in [1.807, 2.05) is 33.9 Å². The molecule has 0 saturated carbocycles. The van der Waals surface area contributed by atoms with Crippen LogP contribution in [0.1, 0.15) is 29.4 Å². The Morgan fingerprint density at radius 2 is 1.71 bits per heavy atom. The monoisotopic (exact) mass is 429 g/mol. The van der Waals surface area contributed by atoms with Crippen LogP contribution in [0.3, 0.4) is 0 Å². The van der Waals surface area contributed by atoms with E-state index in [9.17, 15) is 4.79 Å². The SMILES string of the molecule is COc1cc(C)c(CN2CCN([C@@H](C)C(=O)Nc3c(C)nn(C)c3C)CC2)cc1OC. The standard InChI is InChI=1S/C23H35N5O3/c1-15-12-20(30-6)21(31-7)13-19(15)14-27-8-10-28(11-9-27)18(4)23(29)24-22-16(2)25-26(5)17(22)3/h12-13,18H,8-11,14H2,1-7H3,(H,24,29)/t18-/m0/s1. The fraction of sp³-hybridized carbons (Fsp3) is 0.565. The van der Waals surface area contributed by atoms with E-state index >= 15 is 0 Å². The minimum Gasteiger partial charge on any atom is -0.493 e. The molecule has 0 bridgehead atoms. The normalized spacial score (nSPS) is 16.2. The number of methoxy groups -OCH3 is 2. The number of hydrogen-bond acceptors (Lipinski definition) is 6. The van der Waals surface area contributed by atoms with Gasteiger partial charge in [-0.25, -0.2) is 0 Å². The molecule has 1 fully saturated rings. The summed E-state index contributed by atoms with van der Waals surface area (Å²) in [6.45, 7) is 12.4. The minimum atomic E-state index is -0.191. The largest absolute Gasteiger partial charge is 0.493 e. The second-order valence-corrected chi connectivity index (χ2v) is 8.28. The Bertz CT molecular complexity index is 932. The van der Waals surface area contributed by atoms with Gasteiger partial charge in [0.25, 0.3) is 0 Å². The highest BCUT2D eigenvalue weighted by Crippen LogP contribution is 2.31. The van der Waals surface area contributed by atoms with E-state index < -0.39 is 0 Å². The van der Waals surface area contributed by atoms with Gasteiger partial charge < -0.3 is 14.8 Å². The lowest BCUT2D eigenvalue weighted by atomic mass is 10.1. The molecule has 1 atom stereocenters. The number of amides is 1. The molecule has 1 aliphatic heterocycles. The second-order valence-electron chi connectivity index (χ2n) is 8.28. The van der Waals surface area contributed by atoms with E-state index in [0.717, 1.165) is 61.3 Å². The van der Waals surface area contributed by atoms with Crippen LogP contribution in [0.2, 0.25) is 0 Å². The Labute approximate surface area is 185 Å². The maximum absolute atomic E-state index is 12.8. The fourth-order valence-electron chi connectivity index (χ4n) is 4.09. The fourth-order valence-corrected chi connectivity index (χ4v) is 4.09. The number of piperazine rings is 1. The van der Waals surface area contributed by atoms with Crippen molar-refractivity contribution in [2.45, 2.75) is 40.3 Å². The van der Waals surface area contributed by atoms with Crippen molar-refractivity contribution in [2.75, 3.05) is 45.7 Å². The number of carbonyl (C=O) groups is 1. The summed E-state index contributed by atoms with van der Waals surface area (Å²) in [6, 6.07) is 3.90. The van der Waals surface area contributed by atoms with Crippen LogP contribution in [0, 0.1) is 20.8 Å². The Hall–Kier alpha value is -2.58. The van der Waals surface area contributed by atoms with Crippen molar-refractivity contribution < 1.29 is 14.3 Å². The van der Waals surface area contributed by atoms with Crippen LogP contribution in [0.15, 0.2) is 12.1 Å². The van der Waals surface area contributed by atoms with Gasteiger partial charge in [0.05, 0.1) is 37.3 Å². The first-order chi connectivity index (χ1) is 14.7. The molecule has 8 heteroatoms. The lowest BCUT2D eigenvalue weighted by molar-refractivity contribution is -0.121. The van der Waals surface area contributed by atoms with Crippen LogP contribution in [0.25, 0.3) is 0 Å². The quantitative estimate of drug-likeness (QED) is 0.729. The summed E-state index contributed by atoms with van der Waals surface area (Å²) in [6.07, 6.45) is 0. The molecule has 1 amide bonds. The molecule has 0 radical (unpaired) electrons. The summed E-state index contributed by atoms with van der Waals surface area (Å²) in [4.78, 5) is 17.5. The molecule has 170 valence electrons. The zero-order valence-electron chi connectivity index (χ0n) is 19.8. The number of aryl methyl sites for hydroxylation is 3. The van der Waals surface area contributed by atoms with Crippen molar-refractivity contribution in [2.24, 2.45) is 7.05 Å². The maximum Gasteiger partial charge on any atom is 0.241 e. The molecule has 0 spiro atoms. The van der Waals surface area contributed by atoms with Crippen molar-refractivity contribution in [3.8, 4) is 11.5 Å². The van der Waals surface area contributed by atoms with Gasteiger partial charge in [-0.2, -0.15) is 5.10 Å². The molecule has 1 aromatic carbocycles. The molecule has 2 aromatic rings. The number of nitrogens with zero attached hydrogens (tertiary/aromatic N) is 4. The highest BCUT2D eigenvalue weighted by Gasteiger charge is 2.27. The van der Waals surface area contributed by atoms with E-state index in [1.165, 1.54) is 11.1 Å². The van der Waals surface area contributed by atoms with Gasteiger partial charge in [0.2, 0.25) is 5.91 Å². The highest BCUT2D eigenvalue weighted by molar-refractivity contribution is 5.95. The van der Waals surface area contributed by atoms with Crippen molar-refractivity contribution in [1.82, 2.24) is 19.6 Å². The predicted octanol–water partition coefficient (Wildman–Crippen LogP) is 2.51. The third-order valence-electron chi connectivity index (χ3n) is 6.33. The summed E-state index contributed by atoms with van der Waals surface area (Å²) in [5, 5.41) is 7.46. The summed E-state index contributed by atoms with van der Waals surface area (Å²) in [7, 11) is 5.21. The van der Waals surface area contributed by atoms with Gasteiger partial charge in [-0.3, -0.25) is 19.3 Å². The molecule has 0 aliphatic carbocycles. The van der Waals surface area contributed by atoms with Gasteiger partial charge in [-0.15, -0.1) is 0 Å². The predicted molar refractivity (Wildman–Crippen MR) is 122 cm³/mol. The number of ether oxygens (including phenoxy) is 2. The van der Waals surface area contributed by atoms with Gasteiger partial charge in [-0.1, -0.05) is 0 Å². The van der Waals surface area contributed by atoms with Gasteiger partial charge >= 0.3 is 0 Å². The third-order valence-corrected chi connectivity index (χ3v) is 6.33. The molecule has 1 aromatic heterocycles. The molecule has 1 N–H and O–H groups in total. The van der Waals surface area contributed by atoms with Gasteiger partial charge in [-0.05, 0) is 51.0 Å². The van der Waals surface area contributed by atoms with Crippen LogP contribution < -0.4 is 14.8 Å². The number of carbonyl (C=O) groups excluding carboxylic acids is 1. The van der Waals surface area contributed by atoms with Crippen molar-refractivity contribution in [3.63, 3.8) is 0 Å². The Morgan fingerprint density at radius 1 is 1.10 bits per heavy atom. The molecule has 31 heavy (non-hydrogen) atoms. The van der Waals surface area contributed by atoms with Crippen LogP contribution in [0.4, 0.5) is 5.69 Å². The Morgan fingerprint density at radius 3 is 2.26 bits per heavy atom. The van der Waals surface area contributed by atoms with E-state index in [-0.39, 0.29) is 11.9 Å². The average Bonchev–Trinajstić information content (AvgIpc) is 3.00. The number of anilines is 1. The zero-order chi connectivity index (χ0) is 22.7.